The first-order valence-corrected chi connectivity index (χ1v) is 8.44. The SMILES string of the molecule is CC(C)(C)OC(=O)Nc1cc(C2(N=C=O)CCCC2)ccc1Br. The quantitative estimate of drug-likeness (QED) is 0.598. The summed E-state index contributed by atoms with van der Waals surface area (Å²) in [6.07, 6.45) is 4.87. The van der Waals surface area contributed by atoms with Crippen molar-refractivity contribution in [1.29, 1.82) is 0 Å². The number of hydrogen-bond acceptors (Lipinski definition) is 4. The van der Waals surface area contributed by atoms with Crippen molar-refractivity contribution in [3.8, 4) is 0 Å². The van der Waals surface area contributed by atoms with Crippen molar-refractivity contribution in [3.05, 3.63) is 28.2 Å². The summed E-state index contributed by atoms with van der Waals surface area (Å²) in [6, 6.07) is 5.62. The topological polar surface area (TPSA) is 67.8 Å². The lowest BCUT2D eigenvalue weighted by Crippen LogP contribution is -2.27. The van der Waals surface area contributed by atoms with Gasteiger partial charge in [-0.3, -0.25) is 5.32 Å². The third-order valence-corrected chi connectivity index (χ3v) is 4.52. The highest BCUT2D eigenvalue weighted by molar-refractivity contribution is 9.10. The molecule has 23 heavy (non-hydrogen) atoms. The molecule has 1 aliphatic rings. The summed E-state index contributed by atoms with van der Waals surface area (Å²) < 4.78 is 6.02. The fourth-order valence-electron chi connectivity index (χ4n) is 2.84. The molecular weight excluding hydrogens is 360 g/mol. The highest BCUT2D eigenvalue weighted by atomic mass is 79.9. The molecule has 0 bridgehead atoms. The summed E-state index contributed by atoms with van der Waals surface area (Å²) in [7, 11) is 0. The highest BCUT2D eigenvalue weighted by Gasteiger charge is 2.36. The molecule has 1 aliphatic carbocycles. The third kappa shape index (κ3) is 4.43. The lowest BCUT2D eigenvalue weighted by Gasteiger charge is -2.24. The number of carbonyl (C=O) groups excluding carboxylic acids is 2. The van der Waals surface area contributed by atoms with Crippen LogP contribution in [0, 0.1) is 0 Å². The number of benzene rings is 1. The fraction of sp³-hybridized carbons (Fsp3) is 0.529. The minimum absolute atomic E-state index is 0.519. The number of nitrogens with one attached hydrogen (secondary N) is 1. The van der Waals surface area contributed by atoms with Gasteiger partial charge in [0, 0.05) is 4.47 Å². The van der Waals surface area contributed by atoms with Crippen molar-refractivity contribution in [1.82, 2.24) is 0 Å². The standard InChI is InChI=1S/C17H21BrN2O3/c1-16(2,3)23-15(22)20-14-10-12(6-7-13(14)18)17(19-11-21)8-4-5-9-17/h6-7,10H,4-5,8-9H2,1-3H3,(H,20,22). The Kier molecular flexibility index (Phi) is 5.27. The molecule has 0 aliphatic heterocycles. The van der Waals surface area contributed by atoms with Crippen molar-refractivity contribution >= 4 is 33.8 Å². The Bertz CT molecular complexity index is 640. The highest BCUT2D eigenvalue weighted by Crippen LogP contribution is 2.43. The lowest BCUT2D eigenvalue weighted by molar-refractivity contribution is 0.0636. The number of isocyanates is 1. The molecular formula is C17H21BrN2O3. The molecule has 0 heterocycles. The largest absolute Gasteiger partial charge is 0.444 e. The molecule has 0 aromatic heterocycles. The Balaban J connectivity index is 2.28. The number of anilines is 1. The molecule has 5 nitrogen and oxygen atoms in total. The first kappa shape index (κ1) is 17.7. The summed E-state index contributed by atoms with van der Waals surface area (Å²) >= 11 is 3.43. The molecule has 0 atom stereocenters. The van der Waals surface area contributed by atoms with Gasteiger partial charge in [-0.25, -0.2) is 9.59 Å². The molecule has 1 saturated carbocycles. The predicted octanol–water partition coefficient (Wildman–Crippen LogP) is 4.90. The number of carbonyl (C=O) groups is 1. The van der Waals surface area contributed by atoms with E-state index in [1.165, 1.54) is 0 Å². The van der Waals surface area contributed by atoms with Crippen LogP contribution in [-0.4, -0.2) is 17.8 Å². The monoisotopic (exact) mass is 380 g/mol. The Labute approximate surface area is 144 Å². The van der Waals surface area contributed by atoms with E-state index in [9.17, 15) is 9.59 Å². The molecule has 124 valence electrons. The molecule has 2 rings (SSSR count). The first-order valence-electron chi connectivity index (χ1n) is 7.65. The van der Waals surface area contributed by atoms with Crippen LogP contribution in [0.3, 0.4) is 0 Å². The second-order valence-electron chi connectivity index (χ2n) is 6.76. The van der Waals surface area contributed by atoms with Gasteiger partial charge in [-0.05, 0) is 67.2 Å². The number of rotatable bonds is 3. The van der Waals surface area contributed by atoms with Crippen LogP contribution in [0.25, 0.3) is 0 Å². The Morgan fingerprint density at radius 2 is 2.00 bits per heavy atom. The maximum atomic E-state index is 12.0. The minimum atomic E-state index is -0.567. The second-order valence-corrected chi connectivity index (χ2v) is 7.62. The van der Waals surface area contributed by atoms with Crippen molar-refractivity contribution in [2.75, 3.05) is 5.32 Å². The van der Waals surface area contributed by atoms with E-state index in [1.807, 2.05) is 39.0 Å². The third-order valence-electron chi connectivity index (χ3n) is 3.83. The number of amides is 1. The maximum absolute atomic E-state index is 12.0. The van der Waals surface area contributed by atoms with Gasteiger partial charge in [0.2, 0.25) is 6.08 Å². The molecule has 1 amide bonds. The second kappa shape index (κ2) is 6.85. The van der Waals surface area contributed by atoms with Gasteiger partial charge >= 0.3 is 6.09 Å². The Morgan fingerprint density at radius 3 is 2.57 bits per heavy atom. The van der Waals surface area contributed by atoms with E-state index in [0.717, 1.165) is 35.7 Å². The zero-order valence-electron chi connectivity index (χ0n) is 13.6. The summed E-state index contributed by atoms with van der Waals surface area (Å²) in [5, 5.41) is 2.74. The molecule has 0 saturated heterocycles. The van der Waals surface area contributed by atoms with Crippen LogP contribution in [-0.2, 0) is 15.1 Å². The summed E-state index contributed by atoms with van der Waals surface area (Å²) in [5.41, 5.74) is 0.423. The fourth-order valence-corrected chi connectivity index (χ4v) is 3.18. The Hall–Kier alpha value is -1.65. The average Bonchev–Trinajstić information content (AvgIpc) is 2.89. The number of aliphatic imine (C=N–C) groups is 1. The molecule has 0 unspecified atom stereocenters. The van der Waals surface area contributed by atoms with Crippen molar-refractivity contribution in [2.45, 2.75) is 57.6 Å². The van der Waals surface area contributed by atoms with Crippen molar-refractivity contribution in [3.63, 3.8) is 0 Å². The van der Waals surface area contributed by atoms with E-state index in [-0.39, 0.29) is 0 Å². The minimum Gasteiger partial charge on any atom is -0.444 e. The molecule has 0 spiro atoms. The van der Waals surface area contributed by atoms with Gasteiger partial charge in [-0.15, -0.1) is 0 Å². The van der Waals surface area contributed by atoms with E-state index in [1.54, 1.807) is 6.08 Å². The van der Waals surface area contributed by atoms with E-state index in [2.05, 4.69) is 26.2 Å². The number of nitrogens with zero attached hydrogens (tertiary/aromatic N) is 1. The van der Waals surface area contributed by atoms with Gasteiger partial charge in [0.05, 0.1) is 11.2 Å². The molecule has 1 N–H and O–H groups in total. The van der Waals surface area contributed by atoms with Gasteiger partial charge in [-0.1, -0.05) is 18.9 Å². The van der Waals surface area contributed by atoms with Gasteiger partial charge < -0.3 is 4.74 Å². The number of hydrogen-bond donors (Lipinski definition) is 1. The predicted molar refractivity (Wildman–Crippen MR) is 92.3 cm³/mol. The van der Waals surface area contributed by atoms with Crippen molar-refractivity contribution in [2.24, 2.45) is 4.99 Å². The van der Waals surface area contributed by atoms with E-state index in [4.69, 9.17) is 4.74 Å². The van der Waals surface area contributed by atoms with Crippen LogP contribution in [0.5, 0.6) is 0 Å². The summed E-state index contributed by atoms with van der Waals surface area (Å²) in [6.45, 7) is 5.43. The molecule has 0 radical (unpaired) electrons. The van der Waals surface area contributed by atoms with Gasteiger partial charge in [0.25, 0.3) is 0 Å². The van der Waals surface area contributed by atoms with Gasteiger partial charge in [0.1, 0.15) is 5.60 Å². The number of ether oxygens (including phenoxy) is 1. The average molecular weight is 381 g/mol. The van der Waals surface area contributed by atoms with Crippen LogP contribution in [0.15, 0.2) is 27.7 Å². The smallest absolute Gasteiger partial charge is 0.412 e. The Morgan fingerprint density at radius 1 is 1.35 bits per heavy atom. The van der Waals surface area contributed by atoms with E-state index in [0.29, 0.717) is 5.69 Å². The van der Waals surface area contributed by atoms with Crippen LogP contribution in [0.4, 0.5) is 10.5 Å². The van der Waals surface area contributed by atoms with Gasteiger partial charge in [-0.2, -0.15) is 4.99 Å². The van der Waals surface area contributed by atoms with Crippen LogP contribution < -0.4 is 5.32 Å². The molecule has 1 aromatic rings. The summed E-state index contributed by atoms with van der Waals surface area (Å²) in [5.74, 6) is 0. The first-order chi connectivity index (χ1) is 10.8. The molecule has 1 fully saturated rings. The normalized spacial score (nSPS) is 16.5. The van der Waals surface area contributed by atoms with Crippen LogP contribution >= 0.6 is 15.9 Å². The zero-order valence-corrected chi connectivity index (χ0v) is 15.2. The van der Waals surface area contributed by atoms with Crippen LogP contribution in [0.1, 0.15) is 52.0 Å². The molecule has 6 heteroatoms. The maximum Gasteiger partial charge on any atom is 0.412 e. The molecule has 1 aromatic carbocycles. The van der Waals surface area contributed by atoms with Gasteiger partial charge in [0.15, 0.2) is 0 Å². The number of halogens is 1. The van der Waals surface area contributed by atoms with Crippen molar-refractivity contribution < 1.29 is 14.3 Å². The van der Waals surface area contributed by atoms with E-state index >= 15 is 0 Å². The van der Waals surface area contributed by atoms with E-state index < -0.39 is 17.2 Å². The zero-order chi connectivity index (χ0) is 17.1. The van der Waals surface area contributed by atoms with Crippen LogP contribution in [0.2, 0.25) is 0 Å². The lowest BCUT2D eigenvalue weighted by atomic mass is 9.88. The summed E-state index contributed by atoms with van der Waals surface area (Å²) in [4.78, 5) is 26.9.